The van der Waals surface area contributed by atoms with Gasteiger partial charge in [0.25, 0.3) is 0 Å². The summed E-state index contributed by atoms with van der Waals surface area (Å²) in [6, 6.07) is 2.83. The summed E-state index contributed by atoms with van der Waals surface area (Å²) < 4.78 is 0. The molecule has 1 saturated carbocycles. The van der Waals surface area contributed by atoms with Crippen molar-refractivity contribution >= 4 is 11.5 Å². The molecule has 3 atom stereocenters. The fourth-order valence-corrected chi connectivity index (χ4v) is 5.27. The van der Waals surface area contributed by atoms with Crippen LogP contribution in [0.1, 0.15) is 57.8 Å². The molecule has 2 heterocycles. The van der Waals surface area contributed by atoms with Crippen molar-refractivity contribution in [3.63, 3.8) is 0 Å². The molecule has 2 aliphatic carbocycles. The predicted octanol–water partition coefficient (Wildman–Crippen LogP) is 3.65. The summed E-state index contributed by atoms with van der Waals surface area (Å²) >= 11 is 0. The molecule has 1 saturated heterocycles. The topological polar surface area (TPSA) is 87.6 Å². The molecule has 1 N–H and O–H groups in total. The minimum absolute atomic E-state index is 0.0640. The zero-order valence-corrected chi connectivity index (χ0v) is 16.9. The molecule has 2 aliphatic heterocycles. The number of piperidine rings is 1. The van der Waals surface area contributed by atoms with Gasteiger partial charge in [-0.2, -0.15) is 15.5 Å². The maximum atomic E-state index is 9.74. The summed E-state index contributed by atoms with van der Waals surface area (Å²) in [5, 5.41) is 22.9. The molecule has 4 aliphatic rings. The molecule has 0 aromatic heterocycles. The molecule has 0 amide bonds. The van der Waals surface area contributed by atoms with Crippen LogP contribution in [0.25, 0.3) is 0 Å². The Hall–Kier alpha value is -2.44. The van der Waals surface area contributed by atoms with Crippen molar-refractivity contribution in [2.45, 2.75) is 76.0 Å². The van der Waals surface area contributed by atoms with Gasteiger partial charge >= 0.3 is 0 Å². The molecule has 3 unspecified atom stereocenters. The number of allylic oxidation sites excluding steroid dienone is 2. The Morgan fingerprint density at radius 1 is 1.17 bits per heavy atom. The fraction of sp³-hybridized carbons (Fsp3) is 0.609. The van der Waals surface area contributed by atoms with Gasteiger partial charge in [0.2, 0.25) is 6.19 Å². The minimum atomic E-state index is -0.670. The molecule has 4 rings (SSSR count). The first-order valence-electron chi connectivity index (χ1n) is 10.9. The van der Waals surface area contributed by atoms with Crippen LogP contribution in [0.2, 0.25) is 0 Å². The van der Waals surface area contributed by atoms with Gasteiger partial charge in [-0.15, -0.1) is 0 Å². The number of amidine groups is 1. The lowest BCUT2D eigenvalue weighted by Gasteiger charge is -2.48. The second kappa shape index (κ2) is 8.93. The number of nitrogens with one attached hydrogen (secondary N) is 1. The molecular formula is C23H29N6. The average Bonchev–Trinajstić information content (AvgIpc) is 3.14. The van der Waals surface area contributed by atoms with Gasteiger partial charge in [0, 0.05) is 12.6 Å². The van der Waals surface area contributed by atoms with Crippen molar-refractivity contribution in [2.24, 2.45) is 15.4 Å². The van der Waals surface area contributed by atoms with Gasteiger partial charge in [-0.3, -0.25) is 10.3 Å². The molecule has 0 aromatic rings. The zero-order valence-electron chi connectivity index (χ0n) is 16.9. The van der Waals surface area contributed by atoms with E-state index in [1.807, 2.05) is 24.4 Å². The van der Waals surface area contributed by atoms with Crippen molar-refractivity contribution in [1.29, 1.82) is 10.5 Å². The number of hydrogen-bond donors (Lipinski definition) is 1. The van der Waals surface area contributed by atoms with Gasteiger partial charge in [0.15, 0.2) is 0 Å². The first kappa shape index (κ1) is 19.9. The lowest BCUT2D eigenvalue weighted by Crippen LogP contribution is -2.60. The number of fused-ring (bicyclic) bond motifs is 1. The molecule has 6 heteroatoms. The van der Waals surface area contributed by atoms with E-state index in [9.17, 15) is 10.5 Å². The molecule has 1 radical (unpaired) electrons. The average molecular weight is 390 g/mol. The molecule has 0 aromatic carbocycles. The van der Waals surface area contributed by atoms with Crippen LogP contribution in [-0.2, 0) is 0 Å². The largest absolute Gasteiger partial charge is 0.356 e. The summed E-state index contributed by atoms with van der Waals surface area (Å²) in [6.45, 7) is 0.866. The number of nitrogens with zero attached hydrogens (tertiary/aromatic N) is 5. The number of hydrogen-bond acceptors (Lipinski definition) is 5. The zero-order chi connectivity index (χ0) is 20.1. The summed E-state index contributed by atoms with van der Waals surface area (Å²) in [5.74, 6) is 0.742. The Kier molecular flexibility index (Phi) is 6.11. The summed E-state index contributed by atoms with van der Waals surface area (Å²) in [4.78, 5) is 11.6. The fourth-order valence-electron chi connectivity index (χ4n) is 5.27. The number of nitriles is 2. The maximum Gasteiger partial charge on any atom is 0.207 e. The summed E-state index contributed by atoms with van der Waals surface area (Å²) in [7, 11) is 0. The first-order valence-corrected chi connectivity index (χ1v) is 10.9. The van der Waals surface area contributed by atoms with E-state index in [2.05, 4.69) is 33.8 Å². The van der Waals surface area contributed by atoms with Crippen LogP contribution in [0.3, 0.4) is 0 Å². The lowest BCUT2D eigenvalue weighted by molar-refractivity contribution is 0.193. The predicted molar refractivity (Wildman–Crippen MR) is 114 cm³/mol. The highest BCUT2D eigenvalue weighted by atomic mass is 15.3. The van der Waals surface area contributed by atoms with Crippen LogP contribution < -0.4 is 5.32 Å². The van der Waals surface area contributed by atoms with Crippen LogP contribution in [0.15, 0.2) is 34.3 Å². The van der Waals surface area contributed by atoms with Gasteiger partial charge in [0.1, 0.15) is 12.0 Å². The van der Waals surface area contributed by atoms with E-state index < -0.39 is 5.41 Å². The van der Waals surface area contributed by atoms with Crippen molar-refractivity contribution in [3.8, 4) is 12.3 Å². The van der Waals surface area contributed by atoms with E-state index in [0.717, 1.165) is 37.4 Å². The van der Waals surface area contributed by atoms with E-state index >= 15 is 0 Å². The van der Waals surface area contributed by atoms with Crippen LogP contribution in [0.5, 0.6) is 0 Å². The van der Waals surface area contributed by atoms with Crippen LogP contribution in [-0.4, -0.2) is 41.2 Å². The Balaban J connectivity index is 1.68. The number of rotatable bonds is 3. The van der Waals surface area contributed by atoms with Crippen molar-refractivity contribution in [3.05, 3.63) is 30.7 Å². The van der Waals surface area contributed by atoms with Gasteiger partial charge in [-0.1, -0.05) is 50.3 Å². The summed E-state index contributed by atoms with van der Waals surface area (Å²) in [5.41, 5.74) is 0.319. The highest BCUT2D eigenvalue weighted by Crippen LogP contribution is 2.42. The normalized spacial score (nSPS) is 34.1. The Morgan fingerprint density at radius 3 is 2.69 bits per heavy atom. The standard InChI is InChI=1S/C23H29N6/c24-15-14-23(21-27-19-11-6-7-12-20(19)28-21)13-8-16-29(22(23)26-17-25)18-9-4-2-1-3-5-10-18/h6-7,11-13,18-19,21,27H,1-5,8-10,14,16H2. The van der Waals surface area contributed by atoms with Crippen LogP contribution in [0.4, 0.5) is 0 Å². The minimum Gasteiger partial charge on any atom is -0.356 e. The molecular weight excluding hydrogens is 360 g/mol. The Bertz CT molecular complexity index is 802. The number of aliphatic imine (C=N–C) groups is 2. The van der Waals surface area contributed by atoms with Gasteiger partial charge < -0.3 is 4.90 Å². The van der Waals surface area contributed by atoms with Crippen molar-refractivity contribution in [1.82, 2.24) is 10.2 Å². The maximum absolute atomic E-state index is 9.74. The monoisotopic (exact) mass is 389 g/mol. The van der Waals surface area contributed by atoms with Crippen LogP contribution in [0, 0.1) is 34.6 Å². The Morgan fingerprint density at radius 2 is 1.97 bits per heavy atom. The SMILES string of the molecule is N#CCC1(C2N=C3C=CC=CC3N2)[CH]CCN(C2CCCCCCC2)C1=NC#N. The van der Waals surface area contributed by atoms with Crippen molar-refractivity contribution < 1.29 is 0 Å². The van der Waals surface area contributed by atoms with E-state index in [1.54, 1.807) is 0 Å². The van der Waals surface area contributed by atoms with Gasteiger partial charge in [-0.25, -0.2) is 0 Å². The van der Waals surface area contributed by atoms with Gasteiger partial charge in [0.05, 0.1) is 29.7 Å². The molecule has 0 bridgehead atoms. The second-order valence-electron chi connectivity index (χ2n) is 8.44. The molecule has 0 spiro atoms. The van der Waals surface area contributed by atoms with E-state index in [1.165, 1.54) is 32.1 Å². The van der Waals surface area contributed by atoms with Crippen LogP contribution >= 0.6 is 0 Å². The Labute approximate surface area is 173 Å². The lowest BCUT2D eigenvalue weighted by atomic mass is 9.72. The number of likely N-dealkylation sites (tertiary alicyclic amines) is 1. The third kappa shape index (κ3) is 3.87. The molecule has 151 valence electrons. The first-order chi connectivity index (χ1) is 14.3. The third-order valence-corrected chi connectivity index (χ3v) is 6.71. The highest BCUT2D eigenvalue weighted by Gasteiger charge is 2.51. The summed E-state index contributed by atoms with van der Waals surface area (Å²) in [6.07, 6.45) is 21.8. The van der Waals surface area contributed by atoms with E-state index in [4.69, 9.17) is 4.99 Å². The second-order valence-corrected chi connectivity index (χ2v) is 8.44. The molecule has 29 heavy (non-hydrogen) atoms. The molecule has 6 nitrogen and oxygen atoms in total. The highest BCUT2D eigenvalue weighted by molar-refractivity contribution is 6.04. The van der Waals surface area contributed by atoms with Crippen molar-refractivity contribution in [2.75, 3.05) is 6.54 Å². The third-order valence-electron chi connectivity index (χ3n) is 6.71. The quantitative estimate of drug-likeness (QED) is 0.746. The molecule has 2 fully saturated rings. The van der Waals surface area contributed by atoms with Gasteiger partial charge in [-0.05, 0) is 31.8 Å². The van der Waals surface area contributed by atoms with E-state index in [-0.39, 0.29) is 18.6 Å². The smallest absolute Gasteiger partial charge is 0.207 e. The van der Waals surface area contributed by atoms with E-state index in [0.29, 0.717) is 6.04 Å².